The van der Waals surface area contributed by atoms with Crippen LogP contribution in [0.3, 0.4) is 0 Å². The molecular weight excluding hydrogens is 212 g/mol. The molecule has 0 radical (unpaired) electrons. The third-order valence-electron chi connectivity index (χ3n) is 3.72. The van der Waals surface area contributed by atoms with Crippen LogP contribution in [0.1, 0.15) is 31.2 Å². The van der Waals surface area contributed by atoms with E-state index in [9.17, 15) is 0 Å². The van der Waals surface area contributed by atoms with E-state index in [2.05, 4.69) is 11.4 Å². The molecule has 0 aliphatic carbocycles. The van der Waals surface area contributed by atoms with Crippen molar-refractivity contribution in [2.75, 3.05) is 0 Å². The van der Waals surface area contributed by atoms with Gasteiger partial charge in [-0.25, -0.2) is 0 Å². The van der Waals surface area contributed by atoms with Gasteiger partial charge in [-0.2, -0.15) is 5.26 Å². The lowest BCUT2D eigenvalue weighted by Crippen LogP contribution is -2.42. The van der Waals surface area contributed by atoms with Gasteiger partial charge in [0.2, 0.25) is 0 Å². The molecule has 0 spiro atoms. The van der Waals surface area contributed by atoms with E-state index in [0.717, 1.165) is 18.6 Å². The minimum absolute atomic E-state index is 0.335. The van der Waals surface area contributed by atoms with Crippen molar-refractivity contribution in [1.82, 2.24) is 5.32 Å². The first kappa shape index (κ1) is 10.6. The summed E-state index contributed by atoms with van der Waals surface area (Å²) in [5, 5.41) is 12.3. The number of piperidine rings is 1. The van der Waals surface area contributed by atoms with Crippen molar-refractivity contribution < 1.29 is 4.74 Å². The topological polar surface area (TPSA) is 45.0 Å². The number of benzene rings is 1. The molecule has 3 nitrogen and oxygen atoms in total. The second kappa shape index (κ2) is 4.38. The lowest BCUT2D eigenvalue weighted by molar-refractivity contribution is 0.137. The maximum Gasteiger partial charge on any atom is 0.119 e. The molecule has 2 unspecified atom stereocenters. The number of rotatable bonds is 2. The van der Waals surface area contributed by atoms with Crippen LogP contribution in [0.5, 0.6) is 5.75 Å². The van der Waals surface area contributed by atoms with Gasteiger partial charge in [-0.1, -0.05) is 0 Å². The van der Waals surface area contributed by atoms with Gasteiger partial charge in [0.1, 0.15) is 11.9 Å². The first-order valence-electron chi connectivity index (χ1n) is 6.26. The van der Waals surface area contributed by atoms with Crippen LogP contribution >= 0.6 is 0 Å². The summed E-state index contributed by atoms with van der Waals surface area (Å²) in [7, 11) is 0. The molecule has 88 valence electrons. The SMILES string of the molecule is N#Cc1ccc(OC2CC3CCC(C2)N3)cc1. The number of hydrogen-bond donors (Lipinski definition) is 1. The zero-order valence-electron chi connectivity index (χ0n) is 9.73. The van der Waals surface area contributed by atoms with Crippen molar-refractivity contribution in [2.45, 2.75) is 43.9 Å². The van der Waals surface area contributed by atoms with E-state index in [-0.39, 0.29) is 0 Å². The Bertz CT molecular complexity index is 423. The van der Waals surface area contributed by atoms with Gasteiger partial charge in [-0.3, -0.25) is 0 Å². The first-order chi connectivity index (χ1) is 8.33. The molecule has 2 bridgehead atoms. The predicted octanol–water partition coefficient (Wildman–Crippen LogP) is 2.22. The van der Waals surface area contributed by atoms with Crippen LogP contribution in [-0.2, 0) is 0 Å². The number of nitriles is 1. The molecule has 3 heteroatoms. The third-order valence-corrected chi connectivity index (χ3v) is 3.72. The summed E-state index contributed by atoms with van der Waals surface area (Å²) in [4.78, 5) is 0. The Hall–Kier alpha value is -1.53. The van der Waals surface area contributed by atoms with Crippen molar-refractivity contribution in [3.05, 3.63) is 29.8 Å². The van der Waals surface area contributed by atoms with Crippen LogP contribution in [0.2, 0.25) is 0 Å². The van der Waals surface area contributed by atoms with Crippen LogP contribution in [-0.4, -0.2) is 18.2 Å². The van der Waals surface area contributed by atoms with E-state index in [1.807, 2.05) is 24.3 Å². The van der Waals surface area contributed by atoms with Crippen LogP contribution in [0, 0.1) is 11.3 Å². The molecule has 2 heterocycles. The molecule has 2 aliphatic heterocycles. The van der Waals surface area contributed by atoms with Gasteiger partial charge in [-0.15, -0.1) is 0 Å². The van der Waals surface area contributed by atoms with E-state index >= 15 is 0 Å². The molecule has 0 saturated carbocycles. The molecule has 0 amide bonds. The van der Waals surface area contributed by atoms with E-state index in [1.165, 1.54) is 12.8 Å². The molecular formula is C14H16N2O. The smallest absolute Gasteiger partial charge is 0.119 e. The van der Waals surface area contributed by atoms with Crippen LogP contribution in [0.4, 0.5) is 0 Å². The molecule has 2 atom stereocenters. The summed E-state index contributed by atoms with van der Waals surface area (Å²) in [6.45, 7) is 0. The zero-order chi connectivity index (χ0) is 11.7. The van der Waals surface area contributed by atoms with Gasteiger partial charge in [0.05, 0.1) is 11.6 Å². The first-order valence-corrected chi connectivity index (χ1v) is 6.26. The molecule has 2 fully saturated rings. The van der Waals surface area contributed by atoms with E-state index < -0.39 is 0 Å². The Morgan fingerprint density at radius 1 is 1.12 bits per heavy atom. The van der Waals surface area contributed by atoms with E-state index in [0.29, 0.717) is 23.8 Å². The number of hydrogen-bond acceptors (Lipinski definition) is 3. The van der Waals surface area contributed by atoms with E-state index in [1.54, 1.807) is 0 Å². The summed E-state index contributed by atoms with van der Waals surface area (Å²) in [5.41, 5.74) is 0.683. The second-order valence-corrected chi connectivity index (χ2v) is 4.99. The largest absolute Gasteiger partial charge is 0.490 e. The highest BCUT2D eigenvalue weighted by atomic mass is 16.5. The number of nitrogens with one attached hydrogen (secondary N) is 1. The average molecular weight is 228 g/mol. The lowest BCUT2D eigenvalue weighted by Gasteiger charge is -2.29. The molecule has 2 aliphatic rings. The summed E-state index contributed by atoms with van der Waals surface area (Å²) < 4.78 is 5.99. The average Bonchev–Trinajstić information content (AvgIpc) is 2.70. The Labute approximate surface area is 101 Å². The maximum absolute atomic E-state index is 8.73. The predicted molar refractivity (Wildman–Crippen MR) is 64.8 cm³/mol. The summed E-state index contributed by atoms with van der Waals surface area (Å²) in [6, 6.07) is 10.8. The minimum Gasteiger partial charge on any atom is -0.490 e. The third kappa shape index (κ3) is 2.27. The molecule has 1 aromatic rings. The van der Waals surface area contributed by atoms with Crippen LogP contribution in [0.15, 0.2) is 24.3 Å². The number of fused-ring (bicyclic) bond motifs is 2. The normalized spacial score (nSPS) is 30.9. The second-order valence-electron chi connectivity index (χ2n) is 4.99. The van der Waals surface area contributed by atoms with Crippen molar-refractivity contribution in [3.63, 3.8) is 0 Å². The molecule has 1 N–H and O–H groups in total. The number of ether oxygens (including phenoxy) is 1. The highest BCUT2D eigenvalue weighted by molar-refractivity contribution is 5.34. The monoisotopic (exact) mass is 228 g/mol. The molecule has 3 rings (SSSR count). The van der Waals surface area contributed by atoms with E-state index in [4.69, 9.17) is 10.00 Å². The highest BCUT2D eigenvalue weighted by Crippen LogP contribution is 2.29. The van der Waals surface area contributed by atoms with Crippen molar-refractivity contribution in [2.24, 2.45) is 0 Å². The standard InChI is InChI=1S/C14H16N2O/c15-9-10-1-5-13(6-2-10)17-14-7-11-3-4-12(8-14)16-11/h1-2,5-6,11-12,14,16H,3-4,7-8H2. The van der Waals surface area contributed by atoms with Gasteiger partial charge >= 0.3 is 0 Å². The Morgan fingerprint density at radius 3 is 2.35 bits per heavy atom. The summed E-state index contributed by atoms with van der Waals surface area (Å²) in [6.07, 6.45) is 5.13. The van der Waals surface area contributed by atoms with Crippen LogP contribution < -0.4 is 10.1 Å². The number of nitrogens with zero attached hydrogens (tertiary/aromatic N) is 1. The fourth-order valence-corrected chi connectivity index (χ4v) is 2.90. The van der Waals surface area contributed by atoms with Crippen molar-refractivity contribution in [3.8, 4) is 11.8 Å². The Morgan fingerprint density at radius 2 is 1.76 bits per heavy atom. The Kier molecular flexibility index (Phi) is 2.74. The summed E-state index contributed by atoms with van der Waals surface area (Å²) >= 11 is 0. The molecule has 2 saturated heterocycles. The van der Waals surface area contributed by atoms with Crippen molar-refractivity contribution in [1.29, 1.82) is 5.26 Å². The zero-order valence-corrected chi connectivity index (χ0v) is 9.73. The highest BCUT2D eigenvalue weighted by Gasteiger charge is 2.34. The Balaban J connectivity index is 1.64. The fraction of sp³-hybridized carbons (Fsp3) is 0.500. The summed E-state index contributed by atoms with van der Waals surface area (Å²) in [5.74, 6) is 0.885. The quantitative estimate of drug-likeness (QED) is 0.844. The molecule has 1 aromatic carbocycles. The minimum atomic E-state index is 0.335. The van der Waals surface area contributed by atoms with Gasteiger partial charge in [0.25, 0.3) is 0 Å². The lowest BCUT2D eigenvalue weighted by atomic mass is 10.0. The van der Waals surface area contributed by atoms with Gasteiger partial charge in [0, 0.05) is 12.1 Å². The molecule has 17 heavy (non-hydrogen) atoms. The van der Waals surface area contributed by atoms with Crippen LogP contribution in [0.25, 0.3) is 0 Å². The fourth-order valence-electron chi connectivity index (χ4n) is 2.90. The molecule has 0 aromatic heterocycles. The van der Waals surface area contributed by atoms with Gasteiger partial charge in [0.15, 0.2) is 0 Å². The van der Waals surface area contributed by atoms with Crippen molar-refractivity contribution >= 4 is 0 Å². The van der Waals surface area contributed by atoms with Gasteiger partial charge in [-0.05, 0) is 49.9 Å². The van der Waals surface area contributed by atoms with Gasteiger partial charge < -0.3 is 10.1 Å². The maximum atomic E-state index is 8.73.